The van der Waals surface area contributed by atoms with Gasteiger partial charge < -0.3 is 5.32 Å². The molecule has 0 saturated carbocycles. The molecule has 1 rings (SSSR count). The van der Waals surface area contributed by atoms with E-state index in [1.54, 1.807) is 14.0 Å². The number of hydrogen-bond acceptors (Lipinski definition) is 5. The molecule has 0 bridgehead atoms. The molecule has 8 heteroatoms. The SMILES string of the molecule is CNc1ccc([N+](=O)[O-])c(S(=O)(=O)NC(C)C(C)C)c1. The summed E-state index contributed by atoms with van der Waals surface area (Å²) in [6, 6.07) is 3.58. The Morgan fingerprint density at radius 2 is 1.85 bits per heavy atom. The molecule has 0 saturated heterocycles. The number of benzene rings is 1. The van der Waals surface area contributed by atoms with E-state index in [9.17, 15) is 18.5 Å². The Kier molecular flexibility index (Phi) is 5.07. The van der Waals surface area contributed by atoms with Crippen LogP contribution in [0.2, 0.25) is 0 Å². The highest BCUT2D eigenvalue weighted by Gasteiger charge is 2.28. The van der Waals surface area contributed by atoms with E-state index in [0.29, 0.717) is 5.69 Å². The Morgan fingerprint density at radius 1 is 1.25 bits per heavy atom. The highest BCUT2D eigenvalue weighted by molar-refractivity contribution is 7.89. The molecule has 0 amide bonds. The Bertz CT molecular complexity index is 599. The summed E-state index contributed by atoms with van der Waals surface area (Å²) in [6.45, 7) is 5.45. The molecular formula is C12H19N3O4S. The first-order valence-corrected chi connectivity index (χ1v) is 7.66. The molecule has 1 unspecified atom stereocenters. The molecule has 1 atom stereocenters. The number of nitro groups is 1. The molecule has 0 aromatic heterocycles. The average Bonchev–Trinajstić information content (AvgIpc) is 2.37. The predicted molar refractivity (Wildman–Crippen MR) is 77.3 cm³/mol. The lowest BCUT2D eigenvalue weighted by Gasteiger charge is -2.17. The van der Waals surface area contributed by atoms with E-state index in [4.69, 9.17) is 0 Å². The quantitative estimate of drug-likeness (QED) is 0.618. The number of nitrogens with one attached hydrogen (secondary N) is 2. The second kappa shape index (κ2) is 6.19. The largest absolute Gasteiger partial charge is 0.388 e. The molecule has 112 valence electrons. The summed E-state index contributed by atoms with van der Waals surface area (Å²) in [6.07, 6.45) is 0. The summed E-state index contributed by atoms with van der Waals surface area (Å²) in [5.74, 6) is 0.0799. The Balaban J connectivity index is 3.31. The van der Waals surface area contributed by atoms with Gasteiger partial charge in [-0.3, -0.25) is 10.1 Å². The zero-order chi connectivity index (χ0) is 15.5. The molecule has 0 aliphatic rings. The fourth-order valence-corrected chi connectivity index (χ4v) is 3.07. The summed E-state index contributed by atoms with van der Waals surface area (Å²) in [5, 5.41) is 13.7. The molecule has 0 aliphatic carbocycles. The van der Waals surface area contributed by atoms with Crippen molar-refractivity contribution in [1.82, 2.24) is 4.72 Å². The van der Waals surface area contributed by atoms with Crippen molar-refractivity contribution in [1.29, 1.82) is 0 Å². The van der Waals surface area contributed by atoms with E-state index in [-0.39, 0.29) is 16.9 Å². The highest BCUT2D eigenvalue weighted by Crippen LogP contribution is 2.27. The van der Waals surface area contributed by atoms with Crippen LogP contribution in [0.3, 0.4) is 0 Å². The molecule has 0 spiro atoms. The van der Waals surface area contributed by atoms with Gasteiger partial charge in [-0.1, -0.05) is 13.8 Å². The summed E-state index contributed by atoms with van der Waals surface area (Å²) < 4.78 is 27.1. The molecule has 7 nitrogen and oxygen atoms in total. The molecule has 0 radical (unpaired) electrons. The Hall–Kier alpha value is -1.67. The molecular weight excluding hydrogens is 282 g/mol. The fraction of sp³-hybridized carbons (Fsp3) is 0.500. The van der Waals surface area contributed by atoms with E-state index < -0.39 is 20.6 Å². The minimum absolute atomic E-state index is 0.0799. The first kappa shape index (κ1) is 16.4. The number of nitrogens with zero attached hydrogens (tertiary/aromatic N) is 1. The van der Waals surface area contributed by atoms with E-state index >= 15 is 0 Å². The van der Waals surface area contributed by atoms with Crippen LogP contribution in [0.1, 0.15) is 20.8 Å². The lowest BCUT2D eigenvalue weighted by atomic mass is 10.1. The van der Waals surface area contributed by atoms with Gasteiger partial charge in [0, 0.05) is 24.8 Å². The maximum atomic E-state index is 12.3. The van der Waals surface area contributed by atoms with E-state index in [2.05, 4.69) is 10.0 Å². The second-order valence-corrected chi connectivity index (χ2v) is 6.53. The minimum Gasteiger partial charge on any atom is -0.388 e. The Morgan fingerprint density at radius 3 is 2.30 bits per heavy atom. The summed E-state index contributed by atoms with van der Waals surface area (Å²) >= 11 is 0. The van der Waals surface area contributed by atoms with Crippen molar-refractivity contribution in [2.75, 3.05) is 12.4 Å². The van der Waals surface area contributed by atoms with Gasteiger partial charge in [-0.05, 0) is 25.0 Å². The maximum absolute atomic E-state index is 12.3. The zero-order valence-electron chi connectivity index (χ0n) is 11.9. The van der Waals surface area contributed by atoms with Crippen LogP contribution in [0.5, 0.6) is 0 Å². The van der Waals surface area contributed by atoms with Crippen molar-refractivity contribution in [3.63, 3.8) is 0 Å². The van der Waals surface area contributed by atoms with Crippen molar-refractivity contribution in [2.45, 2.75) is 31.7 Å². The smallest absolute Gasteiger partial charge is 0.289 e. The summed E-state index contributed by atoms with van der Waals surface area (Å²) in [7, 11) is -2.33. The van der Waals surface area contributed by atoms with Crippen LogP contribution in [-0.4, -0.2) is 26.4 Å². The molecule has 2 N–H and O–H groups in total. The molecule has 0 heterocycles. The third-order valence-corrected chi connectivity index (χ3v) is 4.66. The van der Waals surface area contributed by atoms with Gasteiger partial charge >= 0.3 is 0 Å². The zero-order valence-corrected chi connectivity index (χ0v) is 12.7. The predicted octanol–water partition coefficient (Wildman–Crippen LogP) is 1.96. The molecule has 20 heavy (non-hydrogen) atoms. The fourth-order valence-electron chi connectivity index (χ4n) is 1.48. The first-order valence-electron chi connectivity index (χ1n) is 6.17. The summed E-state index contributed by atoms with van der Waals surface area (Å²) in [5.41, 5.74) is 0.0561. The monoisotopic (exact) mass is 301 g/mol. The normalized spacial score (nSPS) is 13.2. The highest BCUT2D eigenvalue weighted by atomic mass is 32.2. The topological polar surface area (TPSA) is 101 Å². The van der Waals surface area contributed by atoms with Crippen LogP contribution >= 0.6 is 0 Å². The number of hydrogen-bond donors (Lipinski definition) is 2. The number of nitro benzene ring substituents is 1. The van der Waals surface area contributed by atoms with E-state index in [0.717, 1.165) is 0 Å². The van der Waals surface area contributed by atoms with Crippen molar-refractivity contribution in [3.8, 4) is 0 Å². The van der Waals surface area contributed by atoms with Crippen LogP contribution in [0.15, 0.2) is 23.1 Å². The van der Waals surface area contributed by atoms with Gasteiger partial charge in [0.2, 0.25) is 10.0 Å². The first-order chi connectivity index (χ1) is 9.19. The maximum Gasteiger partial charge on any atom is 0.289 e. The van der Waals surface area contributed by atoms with E-state index in [1.165, 1.54) is 18.2 Å². The van der Waals surface area contributed by atoms with Gasteiger partial charge in [0.05, 0.1) is 4.92 Å². The third-order valence-electron chi connectivity index (χ3n) is 3.08. The van der Waals surface area contributed by atoms with Gasteiger partial charge in [-0.2, -0.15) is 0 Å². The van der Waals surface area contributed by atoms with Gasteiger partial charge in [0.15, 0.2) is 4.90 Å². The number of anilines is 1. The average molecular weight is 301 g/mol. The lowest BCUT2D eigenvalue weighted by Crippen LogP contribution is -2.36. The number of sulfonamides is 1. The molecule has 0 aliphatic heterocycles. The standard InChI is InChI=1S/C12H19N3O4S/c1-8(2)9(3)14-20(18,19)12-7-10(13-4)5-6-11(12)15(16)17/h5-9,13-14H,1-4H3. The van der Waals surface area contributed by atoms with Gasteiger partial charge in [-0.25, -0.2) is 13.1 Å². The molecule has 1 aromatic carbocycles. The van der Waals surface area contributed by atoms with Gasteiger partial charge in [0.1, 0.15) is 0 Å². The van der Waals surface area contributed by atoms with Crippen molar-refractivity contribution in [3.05, 3.63) is 28.3 Å². The van der Waals surface area contributed by atoms with Crippen LogP contribution in [0.25, 0.3) is 0 Å². The lowest BCUT2D eigenvalue weighted by molar-refractivity contribution is -0.387. The van der Waals surface area contributed by atoms with Crippen LogP contribution < -0.4 is 10.0 Å². The van der Waals surface area contributed by atoms with Crippen LogP contribution in [0, 0.1) is 16.0 Å². The van der Waals surface area contributed by atoms with Crippen LogP contribution in [-0.2, 0) is 10.0 Å². The van der Waals surface area contributed by atoms with E-state index in [1.807, 2.05) is 13.8 Å². The Labute approximate surface area is 118 Å². The van der Waals surface area contributed by atoms with Gasteiger partial charge in [-0.15, -0.1) is 0 Å². The number of rotatable bonds is 6. The summed E-state index contributed by atoms with van der Waals surface area (Å²) in [4.78, 5) is 9.95. The van der Waals surface area contributed by atoms with Crippen molar-refractivity contribution < 1.29 is 13.3 Å². The van der Waals surface area contributed by atoms with Crippen molar-refractivity contribution >= 4 is 21.4 Å². The molecule has 1 aromatic rings. The minimum atomic E-state index is -3.94. The van der Waals surface area contributed by atoms with Crippen molar-refractivity contribution in [2.24, 2.45) is 5.92 Å². The van der Waals surface area contributed by atoms with Crippen LogP contribution in [0.4, 0.5) is 11.4 Å². The molecule has 0 fully saturated rings. The third kappa shape index (κ3) is 3.67. The second-order valence-electron chi connectivity index (χ2n) is 4.84. The van der Waals surface area contributed by atoms with Gasteiger partial charge in [0.25, 0.3) is 5.69 Å².